The minimum absolute atomic E-state index is 0. The summed E-state index contributed by atoms with van der Waals surface area (Å²) in [6.07, 6.45) is 0. The zero-order valence-corrected chi connectivity index (χ0v) is 10.3. The number of nitrogen functional groups attached to an aromatic ring is 1. The highest BCUT2D eigenvalue weighted by Gasteiger charge is 2.06. The van der Waals surface area contributed by atoms with Crippen molar-refractivity contribution < 1.29 is 14.3 Å². The molecule has 0 bridgehead atoms. The molecule has 1 aromatic rings. The average Bonchev–Trinajstić information content (AvgIpc) is 2.29. The summed E-state index contributed by atoms with van der Waals surface area (Å²) in [4.78, 5) is 11.4. The number of amidine groups is 1. The maximum Gasteiger partial charge on any atom is 0.338 e. The zero-order chi connectivity index (χ0) is 12.0. The number of nitrogens with one attached hydrogen (secondary N) is 1. The molecule has 0 aromatic heterocycles. The van der Waals surface area contributed by atoms with Crippen LogP contribution >= 0.6 is 12.4 Å². The lowest BCUT2D eigenvalue weighted by molar-refractivity contribution is 0.0388. The van der Waals surface area contributed by atoms with Crippen LogP contribution in [-0.2, 0) is 9.47 Å². The molecule has 0 unspecified atom stereocenters. The number of ether oxygens (including phenoxy) is 2. The molecule has 6 heteroatoms. The van der Waals surface area contributed by atoms with Crippen LogP contribution in [0.25, 0.3) is 0 Å². The Labute approximate surface area is 106 Å². The Kier molecular flexibility index (Phi) is 6.93. The van der Waals surface area contributed by atoms with Crippen molar-refractivity contribution in [3.05, 3.63) is 35.4 Å². The molecule has 0 aliphatic carbocycles. The first-order chi connectivity index (χ1) is 7.65. The van der Waals surface area contributed by atoms with Crippen LogP contribution in [-0.4, -0.2) is 32.1 Å². The molecule has 0 saturated heterocycles. The molecular weight excluding hydrogens is 244 g/mol. The lowest BCUT2D eigenvalue weighted by atomic mass is 10.1. The van der Waals surface area contributed by atoms with Crippen LogP contribution in [0.5, 0.6) is 0 Å². The van der Waals surface area contributed by atoms with Gasteiger partial charge in [-0.1, -0.05) is 12.1 Å². The number of rotatable bonds is 5. The molecule has 3 N–H and O–H groups in total. The minimum Gasteiger partial charge on any atom is -0.460 e. The van der Waals surface area contributed by atoms with Gasteiger partial charge in [-0.25, -0.2) is 4.79 Å². The topological polar surface area (TPSA) is 85.4 Å². The Hall–Kier alpha value is -1.59. The predicted molar refractivity (Wildman–Crippen MR) is 66.9 cm³/mol. The highest BCUT2D eigenvalue weighted by molar-refractivity contribution is 5.96. The first-order valence-electron chi connectivity index (χ1n) is 4.75. The van der Waals surface area contributed by atoms with E-state index in [4.69, 9.17) is 20.6 Å². The minimum atomic E-state index is -0.410. The number of methoxy groups -OCH3 is 1. The van der Waals surface area contributed by atoms with Gasteiger partial charge in [0.1, 0.15) is 12.4 Å². The first-order valence-corrected chi connectivity index (χ1v) is 4.75. The fourth-order valence-corrected chi connectivity index (χ4v) is 1.09. The smallest absolute Gasteiger partial charge is 0.338 e. The van der Waals surface area contributed by atoms with Gasteiger partial charge in [0.15, 0.2) is 0 Å². The van der Waals surface area contributed by atoms with Crippen LogP contribution in [0.2, 0.25) is 0 Å². The van der Waals surface area contributed by atoms with Crippen LogP contribution in [0, 0.1) is 5.41 Å². The van der Waals surface area contributed by atoms with Gasteiger partial charge in [-0.05, 0) is 12.1 Å². The zero-order valence-electron chi connectivity index (χ0n) is 9.43. The quantitative estimate of drug-likeness (QED) is 0.360. The van der Waals surface area contributed by atoms with Crippen molar-refractivity contribution in [1.82, 2.24) is 0 Å². The summed E-state index contributed by atoms with van der Waals surface area (Å²) < 4.78 is 9.68. The van der Waals surface area contributed by atoms with Gasteiger partial charge in [-0.3, -0.25) is 5.41 Å². The van der Waals surface area contributed by atoms with Crippen molar-refractivity contribution >= 4 is 24.2 Å². The third-order valence-electron chi connectivity index (χ3n) is 1.95. The molecule has 1 aromatic carbocycles. The molecule has 5 nitrogen and oxygen atoms in total. The molecule has 0 aliphatic rings. The molecule has 94 valence electrons. The molecule has 0 saturated carbocycles. The van der Waals surface area contributed by atoms with Gasteiger partial charge in [0.25, 0.3) is 0 Å². The number of hydrogen-bond donors (Lipinski definition) is 2. The van der Waals surface area contributed by atoms with Crippen molar-refractivity contribution in [3.63, 3.8) is 0 Å². The molecule has 0 heterocycles. The Balaban J connectivity index is 0.00000256. The number of carbonyl (C=O) groups is 1. The number of nitrogens with two attached hydrogens (primary N) is 1. The van der Waals surface area contributed by atoms with E-state index < -0.39 is 5.97 Å². The number of esters is 1. The first kappa shape index (κ1) is 15.4. The third kappa shape index (κ3) is 4.84. The van der Waals surface area contributed by atoms with Crippen LogP contribution in [0.15, 0.2) is 24.3 Å². The Morgan fingerprint density at radius 2 is 1.76 bits per heavy atom. The maximum absolute atomic E-state index is 11.4. The fraction of sp³-hybridized carbons (Fsp3) is 0.273. The molecule has 17 heavy (non-hydrogen) atoms. The Morgan fingerprint density at radius 3 is 2.24 bits per heavy atom. The van der Waals surface area contributed by atoms with E-state index in [0.29, 0.717) is 17.7 Å². The number of carbonyl (C=O) groups excluding carboxylic acids is 1. The van der Waals surface area contributed by atoms with Crippen molar-refractivity contribution in [2.75, 3.05) is 20.3 Å². The lowest BCUT2D eigenvalue weighted by Gasteiger charge is -2.04. The van der Waals surface area contributed by atoms with Gasteiger partial charge >= 0.3 is 5.97 Å². The summed E-state index contributed by atoms with van der Waals surface area (Å²) >= 11 is 0. The summed E-state index contributed by atoms with van der Waals surface area (Å²) in [6.45, 7) is 0.598. The lowest BCUT2D eigenvalue weighted by Crippen LogP contribution is -2.12. The van der Waals surface area contributed by atoms with Gasteiger partial charge in [0, 0.05) is 12.7 Å². The Morgan fingerprint density at radius 1 is 1.24 bits per heavy atom. The molecular formula is C11H15ClN2O3. The third-order valence-corrected chi connectivity index (χ3v) is 1.95. The van der Waals surface area contributed by atoms with E-state index >= 15 is 0 Å². The van der Waals surface area contributed by atoms with Crippen molar-refractivity contribution in [3.8, 4) is 0 Å². The highest BCUT2D eigenvalue weighted by Crippen LogP contribution is 2.05. The van der Waals surface area contributed by atoms with Crippen LogP contribution < -0.4 is 5.73 Å². The SMILES string of the molecule is COCCOC(=O)c1ccc(C(=N)N)cc1.Cl. The van der Waals surface area contributed by atoms with E-state index in [0.717, 1.165) is 0 Å². The average molecular weight is 259 g/mol. The van der Waals surface area contributed by atoms with E-state index in [1.54, 1.807) is 24.3 Å². The van der Waals surface area contributed by atoms with E-state index in [9.17, 15) is 4.79 Å². The van der Waals surface area contributed by atoms with E-state index in [-0.39, 0.29) is 24.8 Å². The molecule has 0 fully saturated rings. The standard InChI is InChI=1S/C11H14N2O3.ClH/c1-15-6-7-16-11(14)9-4-2-8(3-5-9)10(12)13;/h2-5H,6-7H2,1H3,(H3,12,13);1H. The van der Waals surface area contributed by atoms with Gasteiger partial charge in [0.2, 0.25) is 0 Å². The van der Waals surface area contributed by atoms with Crippen molar-refractivity contribution in [1.29, 1.82) is 5.41 Å². The molecule has 0 atom stereocenters. The molecule has 1 rings (SSSR count). The number of halogens is 1. The van der Waals surface area contributed by atoms with Gasteiger partial charge in [-0.15, -0.1) is 12.4 Å². The van der Waals surface area contributed by atoms with E-state index in [2.05, 4.69) is 0 Å². The van der Waals surface area contributed by atoms with Crippen LogP contribution in [0.1, 0.15) is 15.9 Å². The molecule has 0 radical (unpaired) electrons. The second kappa shape index (κ2) is 7.65. The van der Waals surface area contributed by atoms with Crippen molar-refractivity contribution in [2.24, 2.45) is 5.73 Å². The van der Waals surface area contributed by atoms with Gasteiger partial charge < -0.3 is 15.2 Å². The fourth-order valence-electron chi connectivity index (χ4n) is 1.09. The monoisotopic (exact) mass is 258 g/mol. The second-order valence-corrected chi connectivity index (χ2v) is 3.12. The van der Waals surface area contributed by atoms with Crippen LogP contribution in [0.4, 0.5) is 0 Å². The molecule has 0 amide bonds. The van der Waals surface area contributed by atoms with E-state index in [1.165, 1.54) is 7.11 Å². The summed E-state index contributed by atoms with van der Waals surface area (Å²) in [5.41, 5.74) is 6.30. The van der Waals surface area contributed by atoms with Crippen molar-refractivity contribution in [2.45, 2.75) is 0 Å². The summed E-state index contributed by atoms with van der Waals surface area (Å²) in [5.74, 6) is -0.438. The molecule has 0 spiro atoms. The Bertz CT molecular complexity index is 379. The maximum atomic E-state index is 11.4. The number of hydrogen-bond acceptors (Lipinski definition) is 4. The number of benzene rings is 1. The van der Waals surface area contributed by atoms with Gasteiger partial charge in [-0.2, -0.15) is 0 Å². The summed E-state index contributed by atoms with van der Waals surface area (Å²) in [5, 5.41) is 7.19. The van der Waals surface area contributed by atoms with Gasteiger partial charge in [0.05, 0.1) is 12.2 Å². The largest absolute Gasteiger partial charge is 0.460 e. The summed E-state index contributed by atoms with van der Waals surface area (Å²) in [6, 6.07) is 6.36. The normalized spacial score (nSPS) is 9.24. The second-order valence-electron chi connectivity index (χ2n) is 3.12. The van der Waals surface area contributed by atoms with E-state index in [1.807, 2.05) is 0 Å². The summed E-state index contributed by atoms with van der Waals surface area (Å²) in [7, 11) is 1.54. The molecule has 0 aliphatic heterocycles. The van der Waals surface area contributed by atoms with Crippen LogP contribution in [0.3, 0.4) is 0 Å². The predicted octanol–water partition coefficient (Wildman–Crippen LogP) is 1.20. The highest BCUT2D eigenvalue weighted by atomic mass is 35.5.